The van der Waals surface area contributed by atoms with Gasteiger partial charge in [0, 0.05) is 18.5 Å². The highest BCUT2D eigenvalue weighted by Gasteiger charge is 2.08. The van der Waals surface area contributed by atoms with Crippen LogP contribution in [0.3, 0.4) is 0 Å². The van der Waals surface area contributed by atoms with Crippen LogP contribution in [0.1, 0.15) is 29.5 Å². The maximum Gasteiger partial charge on any atom is 0.240 e. The van der Waals surface area contributed by atoms with Crippen LogP contribution in [0.2, 0.25) is 0 Å². The number of hydrogen-bond donors (Lipinski definition) is 2. The quantitative estimate of drug-likeness (QED) is 0.593. The van der Waals surface area contributed by atoms with E-state index in [-0.39, 0.29) is 24.7 Å². The van der Waals surface area contributed by atoms with Crippen molar-refractivity contribution in [1.82, 2.24) is 5.43 Å². The van der Waals surface area contributed by atoms with Crippen LogP contribution in [0.4, 0.5) is 5.69 Å². The first-order valence-corrected chi connectivity index (χ1v) is 8.31. The molecule has 0 saturated carbocycles. The fraction of sp³-hybridized carbons (Fsp3) is 0.250. The molecule has 0 aliphatic carbocycles. The number of hydrogen-bond acceptors (Lipinski definition) is 4. The van der Waals surface area contributed by atoms with Crippen molar-refractivity contribution >= 4 is 23.7 Å². The molecular formula is C20H23N3O3. The van der Waals surface area contributed by atoms with Gasteiger partial charge >= 0.3 is 0 Å². The summed E-state index contributed by atoms with van der Waals surface area (Å²) in [4.78, 5) is 23.8. The van der Waals surface area contributed by atoms with Crippen molar-refractivity contribution in [3.05, 3.63) is 59.2 Å². The molecule has 0 bridgehead atoms. The van der Waals surface area contributed by atoms with Gasteiger partial charge in [-0.25, -0.2) is 5.43 Å². The maximum absolute atomic E-state index is 12.0. The molecule has 6 nitrogen and oxygen atoms in total. The van der Waals surface area contributed by atoms with Gasteiger partial charge in [-0.1, -0.05) is 12.1 Å². The Morgan fingerprint density at radius 1 is 1.04 bits per heavy atom. The van der Waals surface area contributed by atoms with Crippen LogP contribution in [0.25, 0.3) is 0 Å². The summed E-state index contributed by atoms with van der Waals surface area (Å²) in [7, 11) is 1.60. The summed E-state index contributed by atoms with van der Waals surface area (Å²) in [6, 6.07) is 13.1. The number of hydrazone groups is 1. The van der Waals surface area contributed by atoms with Crippen LogP contribution >= 0.6 is 0 Å². The molecule has 0 atom stereocenters. The Kier molecular flexibility index (Phi) is 6.91. The van der Waals surface area contributed by atoms with Crippen molar-refractivity contribution in [3.8, 4) is 5.75 Å². The molecule has 2 aromatic carbocycles. The summed E-state index contributed by atoms with van der Waals surface area (Å²) >= 11 is 0. The largest absolute Gasteiger partial charge is 0.497 e. The molecule has 0 aliphatic rings. The molecular weight excluding hydrogens is 330 g/mol. The monoisotopic (exact) mass is 353 g/mol. The van der Waals surface area contributed by atoms with E-state index in [2.05, 4.69) is 15.8 Å². The molecule has 2 amide bonds. The highest BCUT2D eigenvalue weighted by molar-refractivity contribution is 5.94. The fourth-order valence-corrected chi connectivity index (χ4v) is 2.23. The molecule has 0 fully saturated rings. The maximum atomic E-state index is 12.0. The molecule has 0 unspecified atom stereocenters. The Bertz CT molecular complexity index is 798. The van der Waals surface area contributed by atoms with Gasteiger partial charge in [0.15, 0.2) is 0 Å². The van der Waals surface area contributed by atoms with Crippen LogP contribution in [0, 0.1) is 13.8 Å². The van der Waals surface area contributed by atoms with E-state index in [1.807, 2.05) is 44.2 Å². The molecule has 0 saturated heterocycles. The lowest BCUT2D eigenvalue weighted by Crippen LogP contribution is -2.20. The van der Waals surface area contributed by atoms with E-state index >= 15 is 0 Å². The van der Waals surface area contributed by atoms with Crippen LogP contribution < -0.4 is 15.5 Å². The molecule has 2 aromatic rings. The zero-order valence-corrected chi connectivity index (χ0v) is 15.2. The van der Waals surface area contributed by atoms with E-state index in [0.717, 1.165) is 28.1 Å². The van der Waals surface area contributed by atoms with Gasteiger partial charge in [0.2, 0.25) is 11.8 Å². The van der Waals surface area contributed by atoms with Crippen molar-refractivity contribution in [3.63, 3.8) is 0 Å². The molecule has 6 heteroatoms. The van der Waals surface area contributed by atoms with E-state index in [4.69, 9.17) is 4.74 Å². The average molecular weight is 353 g/mol. The summed E-state index contributed by atoms with van der Waals surface area (Å²) in [5.74, 6) is 0.236. The van der Waals surface area contributed by atoms with E-state index in [1.165, 1.54) is 6.21 Å². The Morgan fingerprint density at radius 3 is 2.42 bits per heavy atom. The van der Waals surface area contributed by atoms with E-state index in [0.29, 0.717) is 0 Å². The highest BCUT2D eigenvalue weighted by atomic mass is 16.5. The normalized spacial score (nSPS) is 10.6. The summed E-state index contributed by atoms with van der Waals surface area (Å²) in [6.07, 6.45) is 1.70. The summed E-state index contributed by atoms with van der Waals surface area (Å²) in [5.41, 5.74) is 6.07. The van der Waals surface area contributed by atoms with Crippen molar-refractivity contribution in [2.75, 3.05) is 12.4 Å². The smallest absolute Gasteiger partial charge is 0.240 e. The minimum atomic E-state index is -0.314. The minimum Gasteiger partial charge on any atom is -0.497 e. The predicted molar refractivity (Wildman–Crippen MR) is 103 cm³/mol. The summed E-state index contributed by atoms with van der Waals surface area (Å²) in [6.45, 7) is 3.89. The third-order valence-electron chi connectivity index (χ3n) is 3.76. The number of carbonyl (C=O) groups excluding carboxylic acids is 2. The first-order chi connectivity index (χ1) is 12.5. The second-order valence-electron chi connectivity index (χ2n) is 5.93. The van der Waals surface area contributed by atoms with Gasteiger partial charge in [-0.3, -0.25) is 9.59 Å². The number of benzene rings is 2. The number of anilines is 1. The lowest BCUT2D eigenvalue weighted by Gasteiger charge is -2.09. The average Bonchev–Trinajstić information content (AvgIpc) is 2.63. The molecule has 2 rings (SSSR count). The van der Waals surface area contributed by atoms with Crippen molar-refractivity contribution in [1.29, 1.82) is 0 Å². The van der Waals surface area contributed by atoms with Gasteiger partial charge in [-0.15, -0.1) is 0 Å². The standard InChI is InChI=1S/C20H23N3O3/c1-14-4-5-15(2)18(12-14)22-19(24)10-11-20(25)23-21-13-16-6-8-17(26-3)9-7-16/h4-9,12-13H,10-11H2,1-3H3,(H,22,24)(H,23,25)/b21-13+. The third-order valence-corrected chi connectivity index (χ3v) is 3.76. The molecule has 0 heterocycles. The minimum absolute atomic E-state index is 0.0661. The first kappa shape index (κ1) is 19.2. The van der Waals surface area contributed by atoms with Gasteiger partial charge in [-0.05, 0) is 60.9 Å². The predicted octanol–water partition coefficient (Wildman–Crippen LogP) is 3.18. The van der Waals surface area contributed by atoms with Gasteiger partial charge in [0.1, 0.15) is 5.75 Å². The number of carbonyl (C=O) groups is 2. The number of nitrogens with one attached hydrogen (secondary N) is 2. The molecule has 0 aliphatic heterocycles. The molecule has 2 N–H and O–H groups in total. The number of methoxy groups -OCH3 is 1. The number of rotatable bonds is 7. The van der Waals surface area contributed by atoms with Gasteiger partial charge in [-0.2, -0.15) is 5.10 Å². The second kappa shape index (κ2) is 9.36. The first-order valence-electron chi connectivity index (χ1n) is 8.31. The number of aryl methyl sites for hydroxylation is 2. The van der Waals surface area contributed by atoms with Crippen LogP contribution in [-0.4, -0.2) is 25.1 Å². The van der Waals surface area contributed by atoms with E-state index < -0.39 is 0 Å². The summed E-state index contributed by atoms with van der Waals surface area (Å²) < 4.78 is 5.07. The Labute approximate surface area is 153 Å². The van der Waals surface area contributed by atoms with E-state index in [1.54, 1.807) is 19.2 Å². The number of amides is 2. The zero-order chi connectivity index (χ0) is 18.9. The molecule has 136 valence electrons. The number of ether oxygens (including phenoxy) is 1. The fourth-order valence-electron chi connectivity index (χ4n) is 2.23. The Hall–Kier alpha value is -3.15. The van der Waals surface area contributed by atoms with E-state index in [9.17, 15) is 9.59 Å². The molecule has 26 heavy (non-hydrogen) atoms. The topological polar surface area (TPSA) is 79.8 Å². The van der Waals surface area contributed by atoms with Crippen molar-refractivity contribution in [2.45, 2.75) is 26.7 Å². The van der Waals surface area contributed by atoms with Crippen LogP contribution in [0.15, 0.2) is 47.6 Å². The zero-order valence-electron chi connectivity index (χ0n) is 15.2. The third kappa shape index (κ3) is 6.05. The molecule has 0 aromatic heterocycles. The van der Waals surface area contributed by atoms with Gasteiger partial charge < -0.3 is 10.1 Å². The van der Waals surface area contributed by atoms with Crippen LogP contribution in [-0.2, 0) is 9.59 Å². The number of nitrogens with zero attached hydrogens (tertiary/aromatic N) is 1. The van der Waals surface area contributed by atoms with Gasteiger partial charge in [0.05, 0.1) is 13.3 Å². The molecule has 0 radical (unpaired) electrons. The summed E-state index contributed by atoms with van der Waals surface area (Å²) in [5, 5.41) is 6.72. The van der Waals surface area contributed by atoms with Crippen LogP contribution in [0.5, 0.6) is 5.75 Å². The second-order valence-corrected chi connectivity index (χ2v) is 5.93. The van der Waals surface area contributed by atoms with Gasteiger partial charge in [0.25, 0.3) is 0 Å². The van der Waals surface area contributed by atoms with Crippen molar-refractivity contribution in [2.24, 2.45) is 5.10 Å². The van der Waals surface area contributed by atoms with Crippen molar-refractivity contribution < 1.29 is 14.3 Å². The Morgan fingerprint density at radius 2 is 1.73 bits per heavy atom. The lowest BCUT2D eigenvalue weighted by molar-refractivity contribution is -0.124. The lowest BCUT2D eigenvalue weighted by atomic mass is 10.1. The molecule has 0 spiro atoms. The Balaban J connectivity index is 1.76. The highest BCUT2D eigenvalue weighted by Crippen LogP contribution is 2.16. The SMILES string of the molecule is COc1ccc(/C=N/NC(=O)CCC(=O)Nc2cc(C)ccc2C)cc1.